The van der Waals surface area contributed by atoms with Crippen LogP contribution in [0, 0.1) is 5.82 Å². The summed E-state index contributed by atoms with van der Waals surface area (Å²) in [4.78, 5) is 10.2. The lowest BCUT2D eigenvalue weighted by Crippen LogP contribution is -2.58. The first kappa shape index (κ1) is 14.1. The number of halogens is 2. The van der Waals surface area contributed by atoms with Crippen LogP contribution in [0.25, 0.3) is 0 Å². The van der Waals surface area contributed by atoms with Gasteiger partial charge in [0.2, 0.25) is 11.9 Å². The van der Waals surface area contributed by atoms with E-state index in [0.717, 1.165) is 32.1 Å². The van der Waals surface area contributed by atoms with Gasteiger partial charge in [0.25, 0.3) is 0 Å². The smallest absolute Gasteiger partial charge is 0.220 e. The van der Waals surface area contributed by atoms with E-state index in [1.54, 1.807) is 17.0 Å². The van der Waals surface area contributed by atoms with Crippen molar-refractivity contribution in [3.8, 4) is 0 Å². The zero-order valence-corrected chi connectivity index (χ0v) is 12.3. The molecule has 0 aromatic heterocycles. The summed E-state index contributed by atoms with van der Waals surface area (Å²) in [5.74, 6) is -0.119. The first-order valence-corrected chi connectivity index (χ1v) is 7.34. The predicted octanol–water partition coefficient (Wildman–Crippen LogP) is 2.59. The van der Waals surface area contributed by atoms with Gasteiger partial charge in [-0.2, -0.15) is 4.99 Å². The summed E-state index contributed by atoms with van der Waals surface area (Å²) in [7, 11) is 0. The van der Waals surface area contributed by atoms with Gasteiger partial charge in [0, 0.05) is 5.02 Å². The maximum Gasteiger partial charge on any atom is 0.220 e. The number of nitrogens with two attached hydrogens (primary N) is 2. The van der Waals surface area contributed by atoms with Crippen LogP contribution in [0.15, 0.2) is 28.2 Å². The minimum absolute atomic E-state index is 0.153. The van der Waals surface area contributed by atoms with Crippen molar-refractivity contribution in [1.29, 1.82) is 0 Å². The summed E-state index contributed by atoms with van der Waals surface area (Å²) in [5.41, 5.74) is 11.5. The minimum Gasteiger partial charge on any atom is -0.369 e. The lowest BCUT2D eigenvalue weighted by atomic mass is 9.87. The molecule has 5 nitrogen and oxygen atoms in total. The maximum absolute atomic E-state index is 14.3. The van der Waals surface area contributed by atoms with Crippen LogP contribution in [0.3, 0.4) is 0 Å². The molecule has 0 amide bonds. The molecule has 0 unspecified atom stereocenters. The summed E-state index contributed by atoms with van der Waals surface area (Å²) < 4.78 is 14.3. The number of aliphatic imine (C=N–C) groups is 2. The van der Waals surface area contributed by atoms with Crippen molar-refractivity contribution in [3.63, 3.8) is 0 Å². The van der Waals surface area contributed by atoms with Gasteiger partial charge in [-0.15, -0.1) is 0 Å². The van der Waals surface area contributed by atoms with Crippen LogP contribution in [0.1, 0.15) is 32.1 Å². The molecule has 1 saturated carbocycles. The molecular weight excluding hydrogens is 293 g/mol. The van der Waals surface area contributed by atoms with Crippen LogP contribution in [0.4, 0.5) is 10.1 Å². The lowest BCUT2D eigenvalue weighted by Gasteiger charge is -2.45. The first-order chi connectivity index (χ1) is 10.0. The number of hydrogen-bond donors (Lipinski definition) is 2. The summed E-state index contributed by atoms with van der Waals surface area (Å²) in [6.07, 6.45) is 4.66. The summed E-state index contributed by atoms with van der Waals surface area (Å²) >= 11 is 5.83. The number of guanidine groups is 2. The molecular formula is C14H17ClFN5. The van der Waals surface area contributed by atoms with Gasteiger partial charge in [-0.25, -0.2) is 9.38 Å². The van der Waals surface area contributed by atoms with Crippen molar-refractivity contribution in [1.82, 2.24) is 0 Å². The first-order valence-electron chi connectivity index (χ1n) is 6.97. The third-order valence-corrected chi connectivity index (χ3v) is 4.24. The minimum atomic E-state index is -0.636. The highest BCUT2D eigenvalue weighted by atomic mass is 35.5. The molecule has 1 fully saturated rings. The maximum atomic E-state index is 14.3. The topological polar surface area (TPSA) is 80.0 Å². The normalized spacial score (nSPS) is 21.1. The lowest BCUT2D eigenvalue weighted by molar-refractivity contribution is 0.304. The Balaban J connectivity index is 2.10. The molecule has 1 spiro atoms. The van der Waals surface area contributed by atoms with Crippen LogP contribution < -0.4 is 16.4 Å². The Morgan fingerprint density at radius 3 is 2.57 bits per heavy atom. The molecule has 1 aliphatic carbocycles. The molecule has 1 aromatic rings. The fraction of sp³-hybridized carbons (Fsp3) is 0.429. The highest BCUT2D eigenvalue weighted by molar-refractivity contribution is 6.30. The molecule has 1 aliphatic heterocycles. The zero-order chi connectivity index (χ0) is 15.0. The van der Waals surface area contributed by atoms with Gasteiger partial charge >= 0.3 is 0 Å². The predicted molar refractivity (Wildman–Crippen MR) is 82.9 cm³/mol. The zero-order valence-electron chi connectivity index (χ0n) is 11.5. The monoisotopic (exact) mass is 309 g/mol. The van der Waals surface area contributed by atoms with Gasteiger partial charge in [0.1, 0.15) is 11.5 Å². The van der Waals surface area contributed by atoms with E-state index >= 15 is 0 Å². The van der Waals surface area contributed by atoms with Crippen molar-refractivity contribution in [2.75, 3.05) is 4.90 Å². The average molecular weight is 310 g/mol. The fourth-order valence-electron chi connectivity index (χ4n) is 3.13. The van der Waals surface area contributed by atoms with E-state index in [1.165, 1.54) is 6.07 Å². The summed E-state index contributed by atoms with van der Waals surface area (Å²) in [6, 6.07) is 4.50. The molecule has 0 saturated heterocycles. The molecule has 4 N–H and O–H groups in total. The second-order valence-corrected chi connectivity index (χ2v) is 5.85. The molecule has 1 heterocycles. The number of hydrogen-bond acceptors (Lipinski definition) is 5. The number of rotatable bonds is 1. The van der Waals surface area contributed by atoms with Gasteiger partial charge < -0.3 is 11.5 Å². The fourth-order valence-corrected chi connectivity index (χ4v) is 3.29. The van der Waals surface area contributed by atoms with Gasteiger partial charge in [-0.3, -0.25) is 4.90 Å². The van der Waals surface area contributed by atoms with Gasteiger partial charge in [0.05, 0.1) is 5.69 Å². The van der Waals surface area contributed by atoms with Crippen LogP contribution in [0.2, 0.25) is 5.02 Å². The largest absolute Gasteiger partial charge is 0.369 e. The third-order valence-electron chi connectivity index (χ3n) is 4.00. The third kappa shape index (κ3) is 2.44. The standard InChI is InChI=1S/C14H17ClFN5/c15-9-4-5-11(10(16)8-9)21-13(18)19-12(17)20-14(21)6-2-1-3-7-14/h4-5,8H,1-3,6-7H2,(H4,17,18,19,20). The molecule has 7 heteroatoms. The number of anilines is 1. The summed E-state index contributed by atoms with van der Waals surface area (Å²) in [5, 5.41) is 0.337. The SMILES string of the molecule is NC1=NC2(CCCCC2)N(c2ccc(Cl)cc2F)C(N)=N1. The Labute approximate surface area is 127 Å². The van der Waals surface area contributed by atoms with E-state index in [1.807, 2.05) is 0 Å². The number of nitrogens with zero attached hydrogens (tertiary/aromatic N) is 3. The summed E-state index contributed by atoms with van der Waals surface area (Å²) in [6.45, 7) is 0. The molecule has 21 heavy (non-hydrogen) atoms. The van der Waals surface area contributed by atoms with E-state index in [9.17, 15) is 4.39 Å². The Bertz CT molecular complexity index is 622. The molecule has 0 atom stereocenters. The molecule has 112 valence electrons. The van der Waals surface area contributed by atoms with E-state index in [0.29, 0.717) is 10.7 Å². The molecule has 1 aromatic carbocycles. The van der Waals surface area contributed by atoms with Crippen LogP contribution in [0.5, 0.6) is 0 Å². The quantitative estimate of drug-likeness (QED) is 0.836. The molecule has 3 rings (SSSR count). The molecule has 0 radical (unpaired) electrons. The van der Waals surface area contributed by atoms with Crippen molar-refractivity contribution in [3.05, 3.63) is 29.0 Å². The van der Waals surface area contributed by atoms with Crippen LogP contribution >= 0.6 is 11.6 Å². The molecule has 0 bridgehead atoms. The Hall–Kier alpha value is -1.82. The van der Waals surface area contributed by atoms with E-state index in [-0.39, 0.29) is 11.9 Å². The van der Waals surface area contributed by atoms with Gasteiger partial charge in [-0.1, -0.05) is 18.0 Å². The van der Waals surface area contributed by atoms with E-state index in [4.69, 9.17) is 23.1 Å². The highest BCUT2D eigenvalue weighted by Crippen LogP contribution is 2.40. The van der Waals surface area contributed by atoms with E-state index in [2.05, 4.69) is 9.98 Å². The van der Waals surface area contributed by atoms with Gasteiger partial charge in [-0.05, 0) is 43.9 Å². The van der Waals surface area contributed by atoms with Crippen LogP contribution in [-0.2, 0) is 0 Å². The highest BCUT2D eigenvalue weighted by Gasteiger charge is 2.43. The molecule has 2 aliphatic rings. The second kappa shape index (κ2) is 5.18. The Morgan fingerprint density at radius 2 is 1.90 bits per heavy atom. The van der Waals surface area contributed by atoms with Gasteiger partial charge in [0.15, 0.2) is 0 Å². The second-order valence-electron chi connectivity index (χ2n) is 5.41. The number of benzene rings is 1. The average Bonchev–Trinajstić information content (AvgIpc) is 2.41. The Morgan fingerprint density at radius 1 is 1.19 bits per heavy atom. The Kier molecular flexibility index (Phi) is 3.49. The van der Waals surface area contributed by atoms with Crippen molar-refractivity contribution in [2.45, 2.75) is 37.8 Å². The van der Waals surface area contributed by atoms with Crippen molar-refractivity contribution >= 4 is 29.2 Å². The van der Waals surface area contributed by atoms with Crippen molar-refractivity contribution in [2.24, 2.45) is 21.5 Å². The van der Waals surface area contributed by atoms with E-state index < -0.39 is 11.5 Å². The van der Waals surface area contributed by atoms with Crippen LogP contribution in [-0.4, -0.2) is 17.6 Å². The van der Waals surface area contributed by atoms with Crippen molar-refractivity contribution < 1.29 is 4.39 Å².